The molecule has 1 aliphatic heterocycles. The van der Waals surface area contributed by atoms with E-state index < -0.39 is 0 Å². The largest absolute Gasteiger partial charge is 0.493 e. The van der Waals surface area contributed by atoms with E-state index in [-0.39, 0.29) is 10.8 Å². The van der Waals surface area contributed by atoms with Crippen molar-refractivity contribution in [3.05, 3.63) is 52.8 Å². The van der Waals surface area contributed by atoms with E-state index in [0.29, 0.717) is 12.2 Å². The SMILES string of the molecule is Fc1c(Cl)cccc1-c1cccc2c1OCCC2. The Morgan fingerprint density at radius 2 is 1.83 bits per heavy atom. The second-order valence-electron chi connectivity index (χ2n) is 4.35. The molecular formula is C15H12ClFO. The average Bonchev–Trinajstić information content (AvgIpc) is 2.41. The van der Waals surface area contributed by atoms with E-state index >= 15 is 0 Å². The molecule has 3 heteroatoms. The molecule has 3 rings (SSSR count). The van der Waals surface area contributed by atoms with Gasteiger partial charge in [0, 0.05) is 11.1 Å². The normalized spacial score (nSPS) is 13.9. The predicted molar refractivity (Wildman–Crippen MR) is 70.7 cm³/mol. The molecule has 18 heavy (non-hydrogen) atoms. The number of fused-ring (bicyclic) bond motifs is 1. The summed E-state index contributed by atoms with van der Waals surface area (Å²) in [7, 11) is 0. The van der Waals surface area contributed by atoms with Crippen molar-refractivity contribution in [3.63, 3.8) is 0 Å². The van der Waals surface area contributed by atoms with Gasteiger partial charge in [0.2, 0.25) is 0 Å². The van der Waals surface area contributed by atoms with Crippen LogP contribution in [-0.2, 0) is 6.42 Å². The Kier molecular flexibility index (Phi) is 2.96. The second kappa shape index (κ2) is 4.62. The van der Waals surface area contributed by atoms with Gasteiger partial charge in [0.1, 0.15) is 11.6 Å². The van der Waals surface area contributed by atoms with Gasteiger partial charge in [-0.2, -0.15) is 0 Å². The lowest BCUT2D eigenvalue weighted by atomic mass is 9.97. The minimum Gasteiger partial charge on any atom is -0.493 e. The Balaban J connectivity index is 2.20. The topological polar surface area (TPSA) is 9.23 Å². The van der Waals surface area contributed by atoms with Crippen molar-refractivity contribution in [2.24, 2.45) is 0 Å². The van der Waals surface area contributed by atoms with Crippen LogP contribution in [0, 0.1) is 5.82 Å². The molecule has 0 saturated carbocycles. The van der Waals surface area contributed by atoms with Gasteiger partial charge in [0.25, 0.3) is 0 Å². The molecule has 0 aliphatic carbocycles. The lowest BCUT2D eigenvalue weighted by Gasteiger charge is -2.20. The molecule has 2 aromatic carbocycles. The Bertz CT molecular complexity index is 595. The molecule has 0 fully saturated rings. The molecule has 0 unspecified atom stereocenters. The van der Waals surface area contributed by atoms with Crippen LogP contribution in [0.15, 0.2) is 36.4 Å². The van der Waals surface area contributed by atoms with Crippen LogP contribution in [0.25, 0.3) is 11.1 Å². The first-order valence-corrected chi connectivity index (χ1v) is 6.34. The number of benzene rings is 2. The van der Waals surface area contributed by atoms with Crippen molar-refractivity contribution in [2.45, 2.75) is 12.8 Å². The zero-order valence-electron chi connectivity index (χ0n) is 9.75. The lowest BCUT2D eigenvalue weighted by molar-refractivity contribution is 0.289. The summed E-state index contributed by atoms with van der Waals surface area (Å²) in [5.41, 5.74) is 2.42. The van der Waals surface area contributed by atoms with E-state index in [2.05, 4.69) is 0 Å². The lowest BCUT2D eigenvalue weighted by Crippen LogP contribution is -2.09. The molecule has 0 bridgehead atoms. The molecule has 0 amide bonds. The molecule has 2 aromatic rings. The Morgan fingerprint density at radius 1 is 1.06 bits per heavy atom. The molecule has 0 aromatic heterocycles. The maximum absolute atomic E-state index is 14.1. The highest BCUT2D eigenvalue weighted by atomic mass is 35.5. The van der Waals surface area contributed by atoms with Gasteiger partial charge in [0.05, 0.1) is 11.6 Å². The molecule has 0 N–H and O–H groups in total. The Morgan fingerprint density at radius 3 is 2.72 bits per heavy atom. The van der Waals surface area contributed by atoms with Crippen molar-refractivity contribution in [3.8, 4) is 16.9 Å². The van der Waals surface area contributed by atoms with E-state index in [9.17, 15) is 4.39 Å². The predicted octanol–water partition coefficient (Wildman–Crippen LogP) is 4.47. The fraction of sp³-hybridized carbons (Fsp3) is 0.200. The summed E-state index contributed by atoms with van der Waals surface area (Å²) in [4.78, 5) is 0. The van der Waals surface area contributed by atoms with Crippen LogP contribution in [-0.4, -0.2) is 6.61 Å². The van der Waals surface area contributed by atoms with Crippen molar-refractivity contribution >= 4 is 11.6 Å². The van der Waals surface area contributed by atoms with Gasteiger partial charge in [-0.1, -0.05) is 41.9 Å². The van der Waals surface area contributed by atoms with E-state index in [0.717, 1.165) is 29.7 Å². The summed E-state index contributed by atoms with van der Waals surface area (Å²) >= 11 is 5.83. The van der Waals surface area contributed by atoms with Gasteiger partial charge in [-0.25, -0.2) is 4.39 Å². The maximum Gasteiger partial charge on any atom is 0.149 e. The quantitative estimate of drug-likeness (QED) is 0.737. The van der Waals surface area contributed by atoms with E-state index in [1.165, 1.54) is 0 Å². The summed E-state index contributed by atoms with van der Waals surface area (Å²) < 4.78 is 19.8. The third-order valence-electron chi connectivity index (χ3n) is 3.18. The van der Waals surface area contributed by atoms with Crippen LogP contribution in [0.4, 0.5) is 4.39 Å². The van der Waals surface area contributed by atoms with Gasteiger partial charge in [0.15, 0.2) is 0 Å². The number of hydrogen-bond donors (Lipinski definition) is 0. The number of hydrogen-bond acceptors (Lipinski definition) is 1. The molecule has 1 heterocycles. The Hall–Kier alpha value is -1.54. The monoisotopic (exact) mass is 262 g/mol. The minimum atomic E-state index is -0.387. The fourth-order valence-corrected chi connectivity index (χ4v) is 2.49. The molecule has 0 atom stereocenters. The van der Waals surface area contributed by atoms with Crippen LogP contribution < -0.4 is 4.74 Å². The average molecular weight is 263 g/mol. The highest BCUT2D eigenvalue weighted by Crippen LogP contribution is 2.38. The van der Waals surface area contributed by atoms with Crippen LogP contribution >= 0.6 is 11.6 Å². The van der Waals surface area contributed by atoms with Crippen LogP contribution in [0.1, 0.15) is 12.0 Å². The summed E-state index contributed by atoms with van der Waals surface area (Å²) in [5.74, 6) is 0.409. The van der Waals surface area contributed by atoms with Crippen molar-refractivity contribution in [1.82, 2.24) is 0 Å². The molecule has 1 nitrogen and oxygen atoms in total. The van der Waals surface area contributed by atoms with E-state index in [1.807, 2.05) is 18.2 Å². The smallest absolute Gasteiger partial charge is 0.149 e. The number of ether oxygens (including phenoxy) is 1. The number of halogens is 2. The van der Waals surface area contributed by atoms with E-state index in [1.54, 1.807) is 18.2 Å². The van der Waals surface area contributed by atoms with Gasteiger partial charge >= 0.3 is 0 Å². The highest BCUT2D eigenvalue weighted by molar-refractivity contribution is 6.31. The van der Waals surface area contributed by atoms with E-state index in [4.69, 9.17) is 16.3 Å². The third kappa shape index (κ3) is 1.87. The van der Waals surface area contributed by atoms with Crippen molar-refractivity contribution in [2.75, 3.05) is 6.61 Å². The summed E-state index contributed by atoms with van der Waals surface area (Å²) in [6.07, 6.45) is 1.99. The number of aryl methyl sites for hydroxylation is 1. The van der Waals surface area contributed by atoms with Gasteiger partial charge < -0.3 is 4.74 Å². The maximum atomic E-state index is 14.1. The zero-order chi connectivity index (χ0) is 12.5. The summed E-state index contributed by atoms with van der Waals surface area (Å²) in [5, 5.41) is 0.140. The van der Waals surface area contributed by atoms with Gasteiger partial charge in [-0.05, 0) is 24.5 Å². The Labute approximate surface area is 110 Å². The summed E-state index contributed by atoms with van der Waals surface area (Å²) in [6, 6.07) is 10.9. The molecule has 0 radical (unpaired) electrons. The number of para-hydroxylation sites is 1. The second-order valence-corrected chi connectivity index (χ2v) is 4.75. The first kappa shape index (κ1) is 11.5. The fourth-order valence-electron chi connectivity index (χ4n) is 2.31. The van der Waals surface area contributed by atoms with Crippen molar-refractivity contribution < 1.29 is 9.13 Å². The van der Waals surface area contributed by atoms with Crippen LogP contribution in [0.5, 0.6) is 5.75 Å². The molecule has 0 spiro atoms. The molecule has 92 valence electrons. The van der Waals surface area contributed by atoms with Crippen LogP contribution in [0.2, 0.25) is 5.02 Å². The molecule has 1 aliphatic rings. The van der Waals surface area contributed by atoms with Gasteiger partial charge in [-0.15, -0.1) is 0 Å². The van der Waals surface area contributed by atoms with Crippen molar-refractivity contribution in [1.29, 1.82) is 0 Å². The first-order valence-electron chi connectivity index (χ1n) is 5.96. The summed E-state index contributed by atoms with van der Waals surface area (Å²) in [6.45, 7) is 0.687. The molecule has 0 saturated heterocycles. The van der Waals surface area contributed by atoms with Crippen LogP contribution in [0.3, 0.4) is 0 Å². The standard InChI is InChI=1S/C15H12ClFO/c16-13-8-2-6-11(14(13)17)12-7-1-4-10-5-3-9-18-15(10)12/h1-2,4,6-8H,3,5,9H2. The zero-order valence-corrected chi connectivity index (χ0v) is 10.5. The first-order chi connectivity index (χ1) is 8.77. The molecular weight excluding hydrogens is 251 g/mol. The van der Waals surface area contributed by atoms with Gasteiger partial charge in [-0.3, -0.25) is 0 Å². The number of rotatable bonds is 1. The third-order valence-corrected chi connectivity index (χ3v) is 3.47. The minimum absolute atomic E-state index is 0.140. The highest BCUT2D eigenvalue weighted by Gasteiger charge is 2.18.